The van der Waals surface area contributed by atoms with Gasteiger partial charge in [-0.1, -0.05) is 5.10 Å². The maximum atomic E-state index is 13.2. The molecule has 10 nitrogen and oxygen atoms in total. The van der Waals surface area contributed by atoms with Crippen LogP contribution in [0.1, 0.15) is 41.3 Å². The van der Waals surface area contributed by atoms with Crippen molar-refractivity contribution in [3.8, 4) is 27.8 Å². The minimum absolute atomic E-state index is 0.0755. The van der Waals surface area contributed by atoms with E-state index >= 15 is 0 Å². The van der Waals surface area contributed by atoms with Crippen LogP contribution in [0.5, 0.6) is 16.7 Å². The molecule has 0 unspecified atom stereocenters. The highest BCUT2D eigenvalue weighted by Crippen LogP contribution is 2.33. The van der Waals surface area contributed by atoms with Gasteiger partial charge in [0.05, 0.1) is 36.9 Å². The third-order valence-corrected chi connectivity index (χ3v) is 5.69. The zero-order chi connectivity index (χ0) is 25.7. The summed E-state index contributed by atoms with van der Waals surface area (Å²) in [6.07, 6.45) is 4.89. The van der Waals surface area contributed by atoms with Gasteiger partial charge < -0.3 is 14.2 Å². The van der Waals surface area contributed by atoms with Crippen molar-refractivity contribution in [2.45, 2.75) is 40.4 Å². The van der Waals surface area contributed by atoms with Crippen molar-refractivity contribution in [1.82, 2.24) is 25.1 Å². The largest absolute Gasteiger partial charge is 0.494 e. The van der Waals surface area contributed by atoms with Gasteiger partial charge in [-0.2, -0.15) is 0 Å². The van der Waals surface area contributed by atoms with Gasteiger partial charge in [-0.15, -0.1) is 5.10 Å². The summed E-state index contributed by atoms with van der Waals surface area (Å²) in [5, 5.41) is 11.4. The predicted molar refractivity (Wildman–Crippen MR) is 136 cm³/mol. The van der Waals surface area contributed by atoms with E-state index in [1.54, 1.807) is 19.5 Å². The van der Waals surface area contributed by atoms with E-state index in [1.165, 1.54) is 6.20 Å². The number of anilines is 1. The third-order valence-electron chi connectivity index (χ3n) is 4.94. The molecule has 4 aromatic heterocycles. The second-order valence-electron chi connectivity index (χ2n) is 8.17. The van der Waals surface area contributed by atoms with Crippen molar-refractivity contribution >= 4 is 22.4 Å². The molecule has 186 valence electrons. The Morgan fingerprint density at radius 3 is 2.44 bits per heavy atom. The van der Waals surface area contributed by atoms with Crippen LogP contribution in [0.25, 0.3) is 11.1 Å². The van der Waals surface area contributed by atoms with Gasteiger partial charge in [0.2, 0.25) is 5.13 Å². The maximum absolute atomic E-state index is 13.2. The first-order chi connectivity index (χ1) is 17.3. The van der Waals surface area contributed by atoms with E-state index in [0.29, 0.717) is 38.6 Å². The lowest BCUT2D eigenvalue weighted by Gasteiger charge is -2.13. The minimum Gasteiger partial charge on any atom is -0.494 e. The minimum atomic E-state index is -0.376. The highest BCUT2D eigenvalue weighted by Gasteiger charge is 2.19. The summed E-state index contributed by atoms with van der Waals surface area (Å²) in [4.78, 5) is 26.1. The molecule has 0 saturated carbocycles. The van der Waals surface area contributed by atoms with Crippen molar-refractivity contribution in [2.24, 2.45) is 0 Å². The molecular formula is C25H26N6O4S. The van der Waals surface area contributed by atoms with Crippen LogP contribution in [0.4, 0.5) is 5.13 Å². The maximum Gasteiger partial charge on any atom is 0.296 e. The molecular weight excluding hydrogens is 480 g/mol. The molecule has 0 aliphatic carbocycles. The average Bonchev–Trinajstić information content (AvgIpc) is 3.30. The van der Waals surface area contributed by atoms with Gasteiger partial charge in [0.1, 0.15) is 18.1 Å². The number of methoxy groups -OCH3 is 1. The second kappa shape index (κ2) is 11.1. The molecule has 0 aliphatic heterocycles. The molecule has 1 N–H and O–H groups in total. The number of ether oxygens (including phenoxy) is 3. The normalized spacial score (nSPS) is 10.8. The third kappa shape index (κ3) is 6.11. The molecule has 0 atom stereocenters. The first-order valence-electron chi connectivity index (χ1n) is 11.2. The number of amides is 1. The molecule has 0 saturated heterocycles. The number of aryl methyl sites for hydroxylation is 2. The standard InChI is InChI=1S/C25H26N6O4S/c1-14(2)35-18-7-6-17(28-10-18)13-34-25-31-30-24(36-25)29-23(32)21-11-26-15(3)8-19(21)20-9-16(4)27-12-22(20)33-5/h6-12,14H,13H2,1-5H3,(H,29,30,32). The van der Waals surface area contributed by atoms with Gasteiger partial charge in [-0.3, -0.25) is 25.1 Å². The van der Waals surface area contributed by atoms with Crippen molar-refractivity contribution in [1.29, 1.82) is 0 Å². The van der Waals surface area contributed by atoms with E-state index in [4.69, 9.17) is 14.2 Å². The van der Waals surface area contributed by atoms with Gasteiger partial charge in [-0.05, 0) is 63.3 Å². The molecule has 4 aromatic rings. The zero-order valence-electron chi connectivity index (χ0n) is 20.6. The van der Waals surface area contributed by atoms with E-state index in [2.05, 4.69) is 30.5 Å². The molecule has 4 rings (SSSR count). The van der Waals surface area contributed by atoms with Crippen molar-refractivity contribution in [3.63, 3.8) is 0 Å². The van der Waals surface area contributed by atoms with Gasteiger partial charge in [-0.25, -0.2) is 0 Å². The van der Waals surface area contributed by atoms with Gasteiger partial charge in [0.25, 0.3) is 11.1 Å². The van der Waals surface area contributed by atoms with Gasteiger partial charge in [0, 0.05) is 28.7 Å². The lowest BCUT2D eigenvalue weighted by Crippen LogP contribution is -2.14. The molecule has 0 spiro atoms. The van der Waals surface area contributed by atoms with Crippen molar-refractivity contribution < 1.29 is 19.0 Å². The van der Waals surface area contributed by atoms with Crippen molar-refractivity contribution in [2.75, 3.05) is 12.4 Å². The van der Waals surface area contributed by atoms with Gasteiger partial charge >= 0.3 is 0 Å². The summed E-state index contributed by atoms with van der Waals surface area (Å²) in [7, 11) is 1.57. The molecule has 0 radical (unpaired) electrons. The number of nitrogens with one attached hydrogen (secondary N) is 1. The summed E-state index contributed by atoms with van der Waals surface area (Å²) in [6.45, 7) is 7.85. The van der Waals surface area contributed by atoms with Crippen LogP contribution in [0.15, 0.2) is 42.9 Å². The van der Waals surface area contributed by atoms with Crippen LogP contribution < -0.4 is 19.5 Å². The van der Waals surface area contributed by atoms with Crippen LogP contribution in [0.3, 0.4) is 0 Å². The van der Waals surface area contributed by atoms with Crippen LogP contribution in [0, 0.1) is 13.8 Å². The SMILES string of the molecule is COc1cnc(C)cc1-c1cc(C)ncc1C(=O)Nc1nnc(OCc2ccc(OC(C)C)cn2)s1. The summed E-state index contributed by atoms with van der Waals surface area (Å²) in [5.41, 5.74) is 4.08. The number of pyridine rings is 3. The Bertz CT molecular complexity index is 1360. The molecule has 0 fully saturated rings. The fourth-order valence-corrected chi connectivity index (χ4v) is 3.93. The predicted octanol–water partition coefficient (Wildman–Crippen LogP) is 4.63. The smallest absolute Gasteiger partial charge is 0.296 e. The number of hydrogen-bond donors (Lipinski definition) is 1. The lowest BCUT2D eigenvalue weighted by atomic mass is 9.99. The summed E-state index contributed by atoms with van der Waals surface area (Å²) < 4.78 is 16.8. The van der Waals surface area contributed by atoms with Crippen molar-refractivity contribution in [3.05, 3.63) is 65.5 Å². The first kappa shape index (κ1) is 25.0. The van der Waals surface area contributed by atoms with E-state index in [-0.39, 0.29) is 18.6 Å². The Morgan fingerprint density at radius 2 is 1.75 bits per heavy atom. The van der Waals surface area contributed by atoms with Crippen LogP contribution in [-0.4, -0.2) is 44.3 Å². The van der Waals surface area contributed by atoms with Crippen LogP contribution in [0.2, 0.25) is 0 Å². The Labute approximate surface area is 212 Å². The Balaban J connectivity index is 1.46. The van der Waals surface area contributed by atoms with Crippen LogP contribution in [-0.2, 0) is 6.61 Å². The summed E-state index contributed by atoms with van der Waals surface area (Å²) in [5.74, 6) is 0.877. The molecule has 1 amide bonds. The first-order valence-corrected chi connectivity index (χ1v) is 12.0. The Hall–Kier alpha value is -4.12. The number of rotatable bonds is 9. The number of nitrogens with zero attached hydrogens (tertiary/aromatic N) is 5. The summed E-state index contributed by atoms with van der Waals surface area (Å²) in [6, 6.07) is 7.37. The van der Waals surface area contributed by atoms with E-state index in [1.807, 2.05) is 52.0 Å². The fourth-order valence-electron chi connectivity index (χ4n) is 3.34. The fraction of sp³-hybridized carbons (Fsp3) is 0.280. The van der Waals surface area contributed by atoms with E-state index < -0.39 is 0 Å². The molecule has 11 heteroatoms. The number of carbonyl (C=O) groups excluding carboxylic acids is 1. The molecule has 0 bridgehead atoms. The highest BCUT2D eigenvalue weighted by atomic mass is 32.1. The lowest BCUT2D eigenvalue weighted by molar-refractivity contribution is 0.102. The molecule has 36 heavy (non-hydrogen) atoms. The Morgan fingerprint density at radius 1 is 1.00 bits per heavy atom. The number of carbonyl (C=O) groups is 1. The molecule has 4 heterocycles. The second-order valence-corrected chi connectivity index (χ2v) is 9.11. The quantitative estimate of drug-likeness (QED) is 0.346. The highest BCUT2D eigenvalue weighted by molar-refractivity contribution is 7.17. The van der Waals surface area contributed by atoms with Gasteiger partial charge in [0.15, 0.2) is 0 Å². The molecule has 0 aliphatic rings. The number of hydrogen-bond acceptors (Lipinski definition) is 10. The Kier molecular flexibility index (Phi) is 7.69. The topological polar surface area (TPSA) is 121 Å². The summed E-state index contributed by atoms with van der Waals surface area (Å²) >= 11 is 1.12. The monoisotopic (exact) mass is 506 g/mol. The average molecular weight is 507 g/mol. The van der Waals surface area contributed by atoms with Crippen LogP contribution >= 0.6 is 11.3 Å². The van der Waals surface area contributed by atoms with E-state index in [0.717, 1.165) is 28.3 Å². The molecule has 0 aromatic carbocycles. The number of aromatic nitrogens is 5. The van der Waals surface area contributed by atoms with E-state index in [9.17, 15) is 4.79 Å². The zero-order valence-corrected chi connectivity index (χ0v) is 21.4.